The van der Waals surface area contributed by atoms with Gasteiger partial charge in [0.25, 0.3) is 0 Å². The average molecular weight is 474 g/mol. The summed E-state index contributed by atoms with van der Waals surface area (Å²) in [4.78, 5) is 9.04. The van der Waals surface area contributed by atoms with Gasteiger partial charge in [-0.25, -0.2) is 0 Å². The molecule has 0 radical (unpaired) electrons. The lowest BCUT2D eigenvalue weighted by atomic mass is 10.1. The minimum Gasteiger partial charge on any atom is -0.381 e. The van der Waals surface area contributed by atoms with Crippen molar-refractivity contribution in [2.75, 3.05) is 46.9 Å². The molecule has 0 aliphatic carbocycles. The predicted molar refractivity (Wildman–Crippen MR) is 120 cm³/mol. The van der Waals surface area contributed by atoms with E-state index in [9.17, 15) is 0 Å². The Hall–Kier alpha value is -0.860. The molecule has 26 heavy (non-hydrogen) atoms. The number of hydrogen-bond acceptors (Lipinski definition) is 3. The molecule has 0 aromatic heterocycles. The molecule has 6 heteroatoms. The van der Waals surface area contributed by atoms with E-state index in [0.29, 0.717) is 5.92 Å². The van der Waals surface area contributed by atoms with Gasteiger partial charge in [0.05, 0.1) is 6.61 Å². The molecule has 2 rings (SSSR count). The zero-order valence-electron chi connectivity index (χ0n) is 16.7. The van der Waals surface area contributed by atoms with Crippen molar-refractivity contribution in [3.63, 3.8) is 0 Å². The maximum Gasteiger partial charge on any atom is 0.193 e. The molecule has 0 saturated carbocycles. The highest BCUT2D eigenvalue weighted by molar-refractivity contribution is 14.0. The third-order valence-electron chi connectivity index (χ3n) is 4.90. The van der Waals surface area contributed by atoms with Gasteiger partial charge >= 0.3 is 0 Å². The van der Waals surface area contributed by atoms with Gasteiger partial charge in [0, 0.05) is 46.3 Å². The Morgan fingerprint density at radius 3 is 2.38 bits per heavy atom. The quantitative estimate of drug-likeness (QED) is 0.357. The molecule has 5 nitrogen and oxygen atoms in total. The van der Waals surface area contributed by atoms with Gasteiger partial charge in [-0.05, 0) is 30.6 Å². The number of rotatable bonds is 8. The van der Waals surface area contributed by atoms with Crippen LogP contribution in [0, 0.1) is 5.92 Å². The van der Waals surface area contributed by atoms with Crippen LogP contribution < -0.4 is 5.32 Å². The largest absolute Gasteiger partial charge is 0.381 e. The minimum absolute atomic E-state index is 0. The van der Waals surface area contributed by atoms with Crippen LogP contribution in [0.2, 0.25) is 0 Å². The van der Waals surface area contributed by atoms with Gasteiger partial charge in [-0.2, -0.15) is 0 Å². The van der Waals surface area contributed by atoms with Crippen LogP contribution in [0.15, 0.2) is 29.3 Å². The molecule has 1 aromatic carbocycles. The highest BCUT2D eigenvalue weighted by Crippen LogP contribution is 2.13. The van der Waals surface area contributed by atoms with E-state index in [2.05, 4.69) is 65.3 Å². The molecule has 0 spiro atoms. The zero-order valence-corrected chi connectivity index (χ0v) is 19.0. The first kappa shape index (κ1) is 23.2. The zero-order chi connectivity index (χ0) is 18.1. The lowest BCUT2D eigenvalue weighted by molar-refractivity contribution is 0.181. The Balaban J connectivity index is 0.00000338. The molecule has 1 heterocycles. The van der Waals surface area contributed by atoms with E-state index in [1.807, 2.05) is 7.05 Å². The molecule has 1 N–H and O–H groups in total. The van der Waals surface area contributed by atoms with Crippen molar-refractivity contribution in [1.82, 2.24) is 15.1 Å². The van der Waals surface area contributed by atoms with Crippen molar-refractivity contribution in [1.29, 1.82) is 0 Å². The molecule has 1 aliphatic rings. The molecule has 1 aliphatic heterocycles. The molecular formula is C20H35IN4O. The third-order valence-corrected chi connectivity index (χ3v) is 4.90. The van der Waals surface area contributed by atoms with Crippen LogP contribution in [0.1, 0.15) is 31.4 Å². The summed E-state index contributed by atoms with van der Waals surface area (Å²) in [6.07, 6.45) is 1.15. The fourth-order valence-corrected chi connectivity index (χ4v) is 3.23. The van der Waals surface area contributed by atoms with Crippen molar-refractivity contribution in [3.05, 3.63) is 35.4 Å². The summed E-state index contributed by atoms with van der Waals surface area (Å²) in [5, 5.41) is 3.47. The highest BCUT2D eigenvalue weighted by Gasteiger charge is 2.18. The average Bonchev–Trinajstić information content (AvgIpc) is 3.14. The number of hydrogen-bond donors (Lipinski definition) is 1. The van der Waals surface area contributed by atoms with Gasteiger partial charge < -0.3 is 15.0 Å². The Morgan fingerprint density at radius 2 is 1.85 bits per heavy atom. The smallest absolute Gasteiger partial charge is 0.193 e. The Bertz CT molecular complexity index is 525. The standard InChI is InChI=1S/C20H34N4O.HI/c1-5-24(6-2)15-18-9-7-17(8-10-18)13-22-20(21-3)23(4)14-19-11-12-25-16-19;/h7-10,19H,5-6,11-16H2,1-4H3,(H,21,22);1H. The van der Waals surface area contributed by atoms with Crippen LogP contribution in [0.5, 0.6) is 0 Å². The fourth-order valence-electron chi connectivity index (χ4n) is 3.23. The lowest BCUT2D eigenvalue weighted by Gasteiger charge is -2.24. The molecule has 0 amide bonds. The van der Waals surface area contributed by atoms with Crippen molar-refractivity contribution >= 4 is 29.9 Å². The van der Waals surface area contributed by atoms with E-state index in [4.69, 9.17) is 4.74 Å². The lowest BCUT2D eigenvalue weighted by Crippen LogP contribution is -2.41. The summed E-state index contributed by atoms with van der Waals surface area (Å²) >= 11 is 0. The molecule has 1 atom stereocenters. The highest BCUT2D eigenvalue weighted by atomic mass is 127. The SMILES string of the molecule is CCN(CC)Cc1ccc(CNC(=NC)N(C)CC2CCOC2)cc1.I. The number of nitrogens with one attached hydrogen (secondary N) is 1. The molecule has 148 valence electrons. The maximum atomic E-state index is 5.46. The van der Waals surface area contributed by atoms with Crippen molar-refractivity contribution in [2.24, 2.45) is 10.9 Å². The van der Waals surface area contributed by atoms with Gasteiger partial charge in [0.15, 0.2) is 5.96 Å². The van der Waals surface area contributed by atoms with E-state index >= 15 is 0 Å². The van der Waals surface area contributed by atoms with Crippen LogP contribution >= 0.6 is 24.0 Å². The fraction of sp³-hybridized carbons (Fsp3) is 0.650. The second-order valence-corrected chi connectivity index (χ2v) is 6.79. The Morgan fingerprint density at radius 1 is 1.19 bits per heavy atom. The van der Waals surface area contributed by atoms with Gasteiger partial charge in [-0.3, -0.25) is 9.89 Å². The number of benzene rings is 1. The van der Waals surface area contributed by atoms with Crippen molar-refractivity contribution in [3.8, 4) is 0 Å². The second kappa shape index (κ2) is 12.5. The summed E-state index contributed by atoms with van der Waals surface area (Å²) in [6, 6.07) is 8.89. The van der Waals surface area contributed by atoms with Crippen LogP contribution in [0.25, 0.3) is 0 Å². The first-order chi connectivity index (χ1) is 12.2. The van der Waals surface area contributed by atoms with E-state index < -0.39 is 0 Å². The summed E-state index contributed by atoms with van der Waals surface area (Å²) in [6.45, 7) is 11.2. The van der Waals surface area contributed by atoms with Crippen LogP contribution in [-0.2, 0) is 17.8 Å². The predicted octanol–water partition coefficient (Wildman–Crippen LogP) is 3.19. The Kier molecular flexibility index (Phi) is 11.2. The first-order valence-electron chi connectivity index (χ1n) is 9.45. The summed E-state index contributed by atoms with van der Waals surface area (Å²) in [7, 11) is 3.94. The molecule has 0 bridgehead atoms. The van der Waals surface area contributed by atoms with E-state index in [1.54, 1.807) is 0 Å². The summed E-state index contributed by atoms with van der Waals surface area (Å²) in [5.41, 5.74) is 2.65. The summed E-state index contributed by atoms with van der Waals surface area (Å²) < 4.78 is 5.46. The molecule has 1 aromatic rings. The molecule has 1 saturated heterocycles. The van der Waals surface area contributed by atoms with Crippen LogP contribution in [-0.4, -0.2) is 62.7 Å². The van der Waals surface area contributed by atoms with E-state index in [0.717, 1.165) is 58.3 Å². The first-order valence-corrected chi connectivity index (χ1v) is 9.45. The monoisotopic (exact) mass is 474 g/mol. The second-order valence-electron chi connectivity index (χ2n) is 6.79. The number of aliphatic imine (C=N–C) groups is 1. The van der Waals surface area contributed by atoms with E-state index in [-0.39, 0.29) is 24.0 Å². The van der Waals surface area contributed by atoms with E-state index in [1.165, 1.54) is 11.1 Å². The summed E-state index contributed by atoms with van der Waals surface area (Å²) in [5.74, 6) is 1.56. The number of ether oxygens (including phenoxy) is 1. The minimum atomic E-state index is 0. The maximum absolute atomic E-state index is 5.46. The van der Waals surface area contributed by atoms with Gasteiger partial charge in [0.1, 0.15) is 0 Å². The molecule has 1 fully saturated rings. The third kappa shape index (κ3) is 7.40. The van der Waals surface area contributed by atoms with Crippen LogP contribution in [0.4, 0.5) is 0 Å². The number of halogens is 1. The number of guanidine groups is 1. The van der Waals surface area contributed by atoms with Gasteiger partial charge in [-0.15, -0.1) is 24.0 Å². The molecule has 1 unspecified atom stereocenters. The number of nitrogens with zero attached hydrogens (tertiary/aromatic N) is 3. The van der Waals surface area contributed by atoms with Crippen molar-refractivity contribution < 1.29 is 4.74 Å². The normalized spacial score (nSPS) is 17.3. The van der Waals surface area contributed by atoms with Crippen LogP contribution in [0.3, 0.4) is 0 Å². The molecular weight excluding hydrogens is 439 g/mol. The van der Waals surface area contributed by atoms with Crippen molar-refractivity contribution in [2.45, 2.75) is 33.4 Å². The Labute approximate surface area is 176 Å². The topological polar surface area (TPSA) is 40.1 Å². The van der Waals surface area contributed by atoms with Gasteiger partial charge in [-0.1, -0.05) is 38.1 Å². The van der Waals surface area contributed by atoms with Gasteiger partial charge in [0.2, 0.25) is 0 Å².